The lowest BCUT2D eigenvalue weighted by molar-refractivity contribution is 0.377. The molecule has 0 aliphatic carbocycles. The van der Waals surface area contributed by atoms with E-state index in [1.807, 2.05) is 79.7 Å². The average molecular weight is 387 g/mol. The summed E-state index contributed by atoms with van der Waals surface area (Å²) in [7, 11) is 1.62. The lowest BCUT2D eigenvalue weighted by Crippen LogP contribution is -2.11. The number of para-hydroxylation sites is 3. The van der Waals surface area contributed by atoms with Crippen LogP contribution in [-0.2, 0) is 6.42 Å². The normalized spacial score (nSPS) is 11.8. The van der Waals surface area contributed by atoms with Gasteiger partial charge in [-0.1, -0.05) is 49.4 Å². The van der Waals surface area contributed by atoms with Crippen LogP contribution in [0.4, 0.5) is 5.69 Å². The van der Waals surface area contributed by atoms with Crippen molar-refractivity contribution in [3.8, 4) is 17.2 Å². The van der Waals surface area contributed by atoms with Gasteiger partial charge >= 0.3 is 0 Å². The first-order valence-corrected chi connectivity index (χ1v) is 9.57. The van der Waals surface area contributed by atoms with Gasteiger partial charge in [0.15, 0.2) is 11.5 Å². The average Bonchev–Trinajstić information content (AvgIpc) is 2.78. The number of aryl methyl sites for hydroxylation is 1. The lowest BCUT2D eigenvalue weighted by atomic mass is 10.2. The molecule has 0 fully saturated rings. The van der Waals surface area contributed by atoms with E-state index in [1.165, 1.54) is 5.56 Å². The van der Waals surface area contributed by atoms with Gasteiger partial charge in [0.25, 0.3) is 0 Å². The fourth-order valence-electron chi connectivity index (χ4n) is 2.67. The molecule has 0 aliphatic heterocycles. The van der Waals surface area contributed by atoms with Crippen molar-refractivity contribution in [2.24, 2.45) is 4.99 Å². The van der Waals surface area contributed by atoms with E-state index in [4.69, 9.17) is 14.2 Å². The monoisotopic (exact) mass is 387 g/mol. The van der Waals surface area contributed by atoms with Gasteiger partial charge in [0, 0.05) is 5.57 Å². The van der Waals surface area contributed by atoms with Crippen molar-refractivity contribution in [3.05, 3.63) is 96.3 Å². The maximum absolute atomic E-state index is 6.14. The number of ether oxygens (including phenoxy) is 3. The van der Waals surface area contributed by atoms with Gasteiger partial charge in [0.2, 0.25) is 5.90 Å². The number of hydrogen-bond donors (Lipinski definition) is 0. The maximum atomic E-state index is 6.14. The zero-order valence-corrected chi connectivity index (χ0v) is 17.0. The zero-order chi connectivity index (χ0) is 20.5. The molecule has 4 heteroatoms. The van der Waals surface area contributed by atoms with Crippen LogP contribution in [-0.4, -0.2) is 13.0 Å². The van der Waals surface area contributed by atoms with Crippen LogP contribution in [0.3, 0.4) is 0 Å². The minimum Gasteiger partial charge on any atom is -0.493 e. The molecule has 3 rings (SSSR count). The second-order valence-electron chi connectivity index (χ2n) is 6.43. The zero-order valence-electron chi connectivity index (χ0n) is 17.0. The van der Waals surface area contributed by atoms with Crippen molar-refractivity contribution < 1.29 is 14.2 Å². The fraction of sp³-hybridized carbons (Fsp3) is 0.160. The summed E-state index contributed by atoms with van der Waals surface area (Å²) >= 11 is 0. The van der Waals surface area contributed by atoms with Crippen LogP contribution in [0.15, 0.2) is 95.7 Å². The molecule has 0 spiro atoms. The second kappa shape index (κ2) is 10.1. The molecule has 0 N–H and O–H groups in total. The summed E-state index contributed by atoms with van der Waals surface area (Å²) in [6.45, 7) is 4.02. The highest BCUT2D eigenvalue weighted by Gasteiger charge is 2.09. The van der Waals surface area contributed by atoms with E-state index < -0.39 is 0 Å². The molecule has 148 valence electrons. The molecule has 0 atom stereocenters. The lowest BCUT2D eigenvalue weighted by Gasteiger charge is -2.12. The highest BCUT2D eigenvalue weighted by atomic mass is 16.5. The molecular formula is C25H25NO3. The first-order chi connectivity index (χ1) is 14.2. The van der Waals surface area contributed by atoms with Gasteiger partial charge < -0.3 is 14.2 Å². The number of methoxy groups -OCH3 is 1. The van der Waals surface area contributed by atoms with E-state index >= 15 is 0 Å². The third-order valence-corrected chi connectivity index (χ3v) is 4.28. The number of aliphatic imine (C=N–C) groups is 1. The van der Waals surface area contributed by atoms with E-state index in [0.717, 1.165) is 23.4 Å². The van der Waals surface area contributed by atoms with Crippen LogP contribution in [0.2, 0.25) is 0 Å². The Bertz CT molecular complexity index is 994. The quantitative estimate of drug-likeness (QED) is 0.269. The Balaban J connectivity index is 1.90. The number of benzene rings is 3. The molecule has 3 aromatic rings. The highest BCUT2D eigenvalue weighted by molar-refractivity contribution is 5.96. The van der Waals surface area contributed by atoms with Crippen molar-refractivity contribution in [1.29, 1.82) is 0 Å². The highest BCUT2D eigenvalue weighted by Crippen LogP contribution is 2.26. The third kappa shape index (κ3) is 5.72. The molecule has 0 unspecified atom stereocenters. The predicted octanol–water partition coefficient (Wildman–Crippen LogP) is 6.35. The number of rotatable bonds is 7. The van der Waals surface area contributed by atoms with Crippen molar-refractivity contribution >= 4 is 11.6 Å². The molecular weight excluding hydrogens is 362 g/mol. The van der Waals surface area contributed by atoms with Gasteiger partial charge in [-0.05, 0) is 55.3 Å². The fourth-order valence-corrected chi connectivity index (χ4v) is 2.67. The standard InChI is InChI=1S/C25H25NO3/c1-4-20-11-10-14-22(17-20)29-25(26-21-12-6-5-7-13-21)19(2)18-28-24-16-9-8-15-23(24)27-3/h5-18H,4H2,1-3H3/b19-18+,26-25-. The van der Waals surface area contributed by atoms with Gasteiger partial charge in [-0.3, -0.25) is 0 Å². The minimum atomic E-state index is 0.472. The molecule has 0 bridgehead atoms. The Morgan fingerprint density at radius 1 is 0.897 bits per heavy atom. The molecule has 0 saturated carbocycles. The van der Waals surface area contributed by atoms with E-state index in [0.29, 0.717) is 17.4 Å². The molecule has 29 heavy (non-hydrogen) atoms. The summed E-state index contributed by atoms with van der Waals surface area (Å²) in [4.78, 5) is 4.68. The molecule has 0 heterocycles. The number of nitrogens with zero attached hydrogens (tertiary/aromatic N) is 1. The van der Waals surface area contributed by atoms with Crippen LogP contribution >= 0.6 is 0 Å². The summed E-state index contributed by atoms with van der Waals surface area (Å²) in [6, 6.07) is 25.2. The van der Waals surface area contributed by atoms with Gasteiger partial charge in [-0.15, -0.1) is 0 Å². The van der Waals surface area contributed by atoms with E-state index in [1.54, 1.807) is 13.4 Å². The Morgan fingerprint density at radius 3 is 2.34 bits per heavy atom. The minimum absolute atomic E-state index is 0.472. The van der Waals surface area contributed by atoms with Crippen LogP contribution in [0.5, 0.6) is 17.2 Å². The summed E-state index contributed by atoms with van der Waals surface area (Å²) < 4.78 is 17.3. The van der Waals surface area contributed by atoms with Crippen molar-refractivity contribution in [1.82, 2.24) is 0 Å². The van der Waals surface area contributed by atoms with Gasteiger partial charge in [-0.2, -0.15) is 0 Å². The molecule has 0 saturated heterocycles. The van der Waals surface area contributed by atoms with E-state index in [-0.39, 0.29) is 0 Å². The van der Waals surface area contributed by atoms with E-state index in [2.05, 4.69) is 18.0 Å². The van der Waals surface area contributed by atoms with Crippen molar-refractivity contribution in [3.63, 3.8) is 0 Å². The first-order valence-electron chi connectivity index (χ1n) is 9.57. The SMILES string of the molecule is CCc1cccc(OC(=N\c2ccccc2)/C(C)=C/Oc2ccccc2OC)c1. The summed E-state index contributed by atoms with van der Waals surface area (Å²) in [5, 5.41) is 0. The Labute approximate surface area is 172 Å². The Morgan fingerprint density at radius 2 is 1.62 bits per heavy atom. The second-order valence-corrected chi connectivity index (χ2v) is 6.43. The van der Waals surface area contributed by atoms with Crippen molar-refractivity contribution in [2.75, 3.05) is 7.11 Å². The summed E-state index contributed by atoms with van der Waals surface area (Å²) in [5.41, 5.74) is 2.76. The molecule has 4 nitrogen and oxygen atoms in total. The first kappa shape index (κ1) is 20.2. The Hall–Kier alpha value is -3.53. The van der Waals surface area contributed by atoms with E-state index in [9.17, 15) is 0 Å². The smallest absolute Gasteiger partial charge is 0.225 e. The molecule has 0 amide bonds. The molecule has 0 aromatic heterocycles. The molecule has 0 radical (unpaired) electrons. The van der Waals surface area contributed by atoms with Crippen LogP contribution in [0, 0.1) is 0 Å². The van der Waals surface area contributed by atoms with Gasteiger partial charge in [0.05, 0.1) is 19.1 Å². The maximum Gasteiger partial charge on any atom is 0.225 e. The number of hydrogen-bond acceptors (Lipinski definition) is 4. The summed E-state index contributed by atoms with van der Waals surface area (Å²) in [5.74, 6) is 2.50. The predicted molar refractivity (Wildman–Crippen MR) is 117 cm³/mol. The van der Waals surface area contributed by atoms with Crippen LogP contribution in [0.25, 0.3) is 0 Å². The van der Waals surface area contributed by atoms with Crippen molar-refractivity contribution in [2.45, 2.75) is 20.3 Å². The van der Waals surface area contributed by atoms with Gasteiger partial charge in [-0.25, -0.2) is 4.99 Å². The molecule has 0 aliphatic rings. The topological polar surface area (TPSA) is 40.0 Å². The largest absolute Gasteiger partial charge is 0.493 e. The third-order valence-electron chi connectivity index (χ3n) is 4.28. The van der Waals surface area contributed by atoms with Gasteiger partial charge in [0.1, 0.15) is 5.75 Å². The van der Waals surface area contributed by atoms with Crippen LogP contribution in [0.1, 0.15) is 19.4 Å². The van der Waals surface area contributed by atoms with Crippen LogP contribution < -0.4 is 14.2 Å². The summed E-state index contributed by atoms with van der Waals surface area (Å²) in [6.07, 6.45) is 2.57. The Kier molecular flexibility index (Phi) is 7.06. The molecule has 3 aromatic carbocycles.